The standard InChI is InChI=1S/C17H16N4O2S/c1-11(24-17-19-10-14-4-2-3-9-21(14)17)16(23)20-13-7-5-12(6-8-13)15(18)22/h2-11H,1H3,(H2,18,22)(H,20,23)/t11-/m1/s1. The van der Waals surface area contributed by atoms with Crippen LogP contribution in [0.5, 0.6) is 0 Å². The average molecular weight is 340 g/mol. The van der Waals surface area contributed by atoms with Gasteiger partial charge < -0.3 is 11.1 Å². The van der Waals surface area contributed by atoms with E-state index in [-0.39, 0.29) is 11.2 Å². The van der Waals surface area contributed by atoms with Gasteiger partial charge in [-0.3, -0.25) is 14.0 Å². The number of aromatic nitrogens is 2. The summed E-state index contributed by atoms with van der Waals surface area (Å²) in [5.74, 6) is -0.637. The molecule has 0 saturated heterocycles. The lowest BCUT2D eigenvalue weighted by atomic mass is 10.2. The van der Waals surface area contributed by atoms with E-state index in [0.717, 1.165) is 10.7 Å². The van der Waals surface area contributed by atoms with Crippen molar-refractivity contribution in [3.63, 3.8) is 0 Å². The molecule has 0 spiro atoms. The number of fused-ring (bicyclic) bond motifs is 1. The van der Waals surface area contributed by atoms with Gasteiger partial charge in [-0.25, -0.2) is 4.98 Å². The van der Waals surface area contributed by atoms with E-state index in [4.69, 9.17) is 5.73 Å². The van der Waals surface area contributed by atoms with Crippen LogP contribution < -0.4 is 11.1 Å². The molecule has 0 saturated carbocycles. The normalized spacial score (nSPS) is 12.0. The molecular weight excluding hydrogens is 324 g/mol. The summed E-state index contributed by atoms with van der Waals surface area (Å²) in [6, 6.07) is 12.3. The molecule has 122 valence electrons. The molecular formula is C17H16N4O2S. The lowest BCUT2D eigenvalue weighted by molar-refractivity contribution is -0.115. The average Bonchev–Trinajstić information content (AvgIpc) is 2.98. The molecule has 2 heterocycles. The maximum Gasteiger partial charge on any atom is 0.248 e. The third kappa shape index (κ3) is 3.41. The van der Waals surface area contributed by atoms with Crippen molar-refractivity contribution in [1.82, 2.24) is 9.38 Å². The topological polar surface area (TPSA) is 89.5 Å². The molecule has 6 nitrogen and oxygen atoms in total. The second kappa shape index (κ2) is 6.76. The summed E-state index contributed by atoms with van der Waals surface area (Å²) in [4.78, 5) is 27.7. The number of primary amides is 1. The van der Waals surface area contributed by atoms with E-state index >= 15 is 0 Å². The van der Waals surface area contributed by atoms with E-state index in [1.54, 1.807) is 30.5 Å². The number of nitrogens with zero attached hydrogens (tertiary/aromatic N) is 2. The Kier molecular flexibility index (Phi) is 4.52. The van der Waals surface area contributed by atoms with Gasteiger partial charge in [-0.05, 0) is 43.3 Å². The highest BCUT2D eigenvalue weighted by atomic mass is 32.2. The zero-order valence-electron chi connectivity index (χ0n) is 13.0. The lowest BCUT2D eigenvalue weighted by Gasteiger charge is -2.11. The number of amides is 2. The van der Waals surface area contributed by atoms with Crippen LogP contribution in [0.15, 0.2) is 60.0 Å². The highest BCUT2D eigenvalue weighted by Crippen LogP contribution is 2.24. The van der Waals surface area contributed by atoms with Crippen molar-refractivity contribution in [2.24, 2.45) is 5.73 Å². The van der Waals surface area contributed by atoms with E-state index in [2.05, 4.69) is 10.3 Å². The van der Waals surface area contributed by atoms with Gasteiger partial charge in [0.25, 0.3) is 0 Å². The summed E-state index contributed by atoms with van der Waals surface area (Å²) in [6.45, 7) is 1.82. The van der Waals surface area contributed by atoms with E-state index < -0.39 is 5.91 Å². The highest BCUT2D eigenvalue weighted by molar-refractivity contribution is 8.00. The fourth-order valence-corrected chi connectivity index (χ4v) is 3.06. The van der Waals surface area contributed by atoms with Crippen molar-refractivity contribution in [2.75, 3.05) is 5.32 Å². The fraction of sp³-hybridized carbons (Fsp3) is 0.118. The summed E-state index contributed by atoms with van der Waals surface area (Å²) in [6.07, 6.45) is 3.69. The number of nitrogens with one attached hydrogen (secondary N) is 1. The molecule has 2 aromatic heterocycles. The van der Waals surface area contributed by atoms with E-state index in [1.807, 2.05) is 35.7 Å². The van der Waals surface area contributed by atoms with Crippen LogP contribution in [0.1, 0.15) is 17.3 Å². The van der Waals surface area contributed by atoms with Gasteiger partial charge in [0.1, 0.15) is 0 Å². The Morgan fingerprint density at radius 2 is 1.96 bits per heavy atom. The summed E-state index contributed by atoms with van der Waals surface area (Å²) >= 11 is 1.38. The number of carbonyl (C=O) groups excluding carboxylic acids is 2. The minimum absolute atomic E-state index is 0.139. The van der Waals surface area contributed by atoms with Crippen LogP contribution in [0.25, 0.3) is 5.52 Å². The number of hydrogen-bond donors (Lipinski definition) is 2. The quantitative estimate of drug-likeness (QED) is 0.699. The van der Waals surface area contributed by atoms with Gasteiger partial charge in [0, 0.05) is 17.4 Å². The lowest BCUT2D eigenvalue weighted by Crippen LogP contribution is -2.22. The zero-order chi connectivity index (χ0) is 17.1. The molecule has 0 aliphatic carbocycles. The number of rotatable bonds is 5. The molecule has 0 aliphatic heterocycles. The predicted molar refractivity (Wildman–Crippen MR) is 94.1 cm³/mol. The van der Waals surface area contributed by atoms with Crippen LogP contribution in [0.4, 0.5) is 5.69 Å². The van der Waals surface area contributed by atoms with Crippen molar-refractivity contribution < 1.29 is 9.59 Å². The molecule has 24 heavy (non-hydrogen) atoms. The molecule has 3 aromatic rings. The smallest absolute Gasteiger partial charge is 0.248 e. The first-order valence-electron chi connectivity index (χ1n) is 7.34. The molecule has 3 rings (SSSR count). The zero-order valence-corrected chi connectivity index (χ0v) is 13.8. The van der Waals surface area contributed by atoms with Gasteiger partial charge in [0.2, 0.25) is 11.8 Å². The summed E-state index contributed by atoms with van der Waals surface area (Å²) in [5, 5.41) is 3.25. The largest absolute Gasteiger partial charge is 0.366 e. The Hall–Kier alpha value is -2.80. The van der Waals surface area contributed by atoms with Crippen molar-refractivity contribution >= 4 is 34.8 Å². The third-order valence-corrected chi connectivity index (χ3v) is 4.57. The number of pyridine rings is 1. The minimum atomic E-state index is -0.497. The Morgan fingerprint density at radius 3 is 2.67 bits per heavy atom. The van der Waals surface area contributed by atoms with E-state index in [0.29, 0.717) is 11.3 Å². The number of nitrogens with two attached hydrogens (primary N) is 1. The van der Waals surface area contributed by atoms with Gasteiger partial charge in [-0.1, -0.05) is 17.8 Å². The number of carbonyl (C=O) groups is 2. The second-order valence-electron chi connectivity index (χ2n) is 5.23. The van der Waals surface area contributed by atoms with Crippen LogP contribution in [0.2, 0.25) is 0 Å². The number of benzene rings is 1. The second-order valence-corrected chi connectivity index (χ2v) is 6.54. The van der Waals surface area contributed by atoms with E-state index in [9.17, 15) is 9.59 Å². The first kappa shape index (κ1) is 16.1. The molecule has 0 fully saturated rings. The van der Waals surface area contributed by atoms with Crippen molar-refractivity contribution in [1.29, 1.82) is 0 Å². The Morgan fingerprint density at radius 1 is 1.21 bits per heavy atom. The van der Waals surface area contributed by atoms with Crippen LogP contribution in [-0.2, 0) is 4.79 Å². The van der Waals surface area contributed by atoms with Gasteiger partial charge in [-0.2, -0.15) is 0 Å². The Bertz CT molecular complexity index is 889. The minimum Gasteiger partial charge on any atom is -0.366 e. The maximum atomic E-state index is 12.3. The first-order chi connectivity index (χ1) is 11.5. The number of anilines is 1. The Balaban J connectivity index is 1.67. The molecule has 0 unspecified atom stereocenters. The van der Waals surface area contributed by atoms with Crippen molar-refractivity contribution in [3.05, 3.63) is 60.4 Å². The molecule has 1 aromatic carbocycles. The molecule has 0 radical (unpaired) electrons. The molecule has 1 atom stereocenters. The van der Waals surface area contributed by atoms with Gasteiger partial charge in [0.15, 0.2) is 5.16 Å². The first-order valence-corrected chi connectivity index (χ1v) is 8.22. The predicted octanol–water partition coefficient (Wildman–Crippen LogP) is 2.55. The van der Waals surface area contributed by atoms with E-state index in [1.165, 1.54) is 11.8 Å². The molecule has 0 aliphatic rings. The maximum absolute atomic E-state index is 12.3. The van der Waals surface area contributed by atoms with Crippen LogP contribution >= 0.6 is 11.8 Å². The number of thioether (sulfide) groups is 1. The molecule has 0 bridgehead atoms. The molecule has 2 amide bonds. The van der Waals surface area contributed by atoms with Crippen molar-refractivity contribution in [3.8, 4) is 0 Å². The summed E-state index contributed by atoms with van der Waals surface area (Å²) in [7, 11) is 0. The highest BCUT2D eigenvalue weighted by Gasteiger charge is 2.17. The van der Waals surface area contributed by atoms with Gasteiger partial charge in [0.05, 0.1) is 17.0 Å². The summed E-state index contributed by atoms with van der Waals surface area (Å²) < 4.78 is 1.94. The monoisotopic (exact) mass is 340 g/mol. The number of hydrogen-bond acceptors (Lipinski definition) is 4. The van der Waals surface area contributed by atoms with Gasteiger partial charge in [-0.15, -0.1) is 0 Å². The third-order valence-electron chi connectivity index (χ3n) is 3.49. The van der Waals surface area contributed by atoms with Gasteiger partial charge >= 0.3 is 0 Å². The SMILES string of the molecule is C[C@@H](Sc1ncc2ccccn12)C(=O)Nc1ccc(C(N)=O)cc1. The number of imidazole rings is 1. The molecule has 3 N–H and O–H groups in total. The fourth-order valence-electron chi connectivity index (χ4n) is 2.18. The van der Waals surface area contributed by atoms with Crippen LogP contribution in [0, 0.1) is 0 Å². The summed E-state index contributed by atoms with van der Waals surface area (Å²) in [5.41, 5.74) is 7.19. The van der Waals surface area contributed by atoms with Crippen molar-refractivity contribution in [2.45, 2.75) is 17.3 Å². The Labute approximate surface area is 143 Å². The molecule has 7 heteroatoms. The van der Waals surface area contributed by atoms with Crippen LogP contribution in [-0.4, -0.2) is 26.4 Å². The van der Waals surface area contributed by atoms with Crippen LogP contribution in [0.3, 0.4) is 0 Å².